The summed E-state index contributed by atoms with van der Waals surface area (Å²) in [6.45, 7) is 0.905. The van der Waals surface area contributed by atoms with Gasteiger partial charge in [-0.05, 0) is 59.3 Å². The SMILES string of the molecule is Clc1ccc(Cl)c(-n2nc(-c3cccc(I)c3)c3c2NCC3)c1. The van der Waals surface area contributed by atoms with E-state index in [1.54, 1.807) is 12.1 Å². The molecule has 1 aliphatic heterocycles. The van der Waals surface area contributed by atoms with E-state index in [0.29, 0.717) is 10.0 Å². The maximum atomic E-state index is 6.36. The Labute approximate surface area is 157 Å². The Hall–Kier alpha value is -1.24. The first-order valence-corrected chi connectivity index (χ1v) is 9.04. The Morgan fingerprint density at radius 3 is 2.83 bits per heavy atom. The second-order valence-electron chi connectivity index (χ2n) is 5.37. The molecule has 4 rings (SSSR count). The van der Waals surface area contributed by atoms with Crippen molar-refractivity contribution in [2.24, 2.45) is 0 Å². The lowest BCUT2D eigenvalue weighted by atomic mass is 10.1. The Balaban J connectivity index is 1.93. The highest BCUT2D eigenvalue weighted by atomic mass is 127. The average molecular weight is 456 g/mol. The van der Waals surface area contributed by atoms with Crippen LogP contribution >= 0.6 is 45.8 Å². The largest absolute Gasteiger partial charge is 0.369 e. The topological polar surface area (TPSA) is 29.9 Å². The lowest BCUT2D eigenvalue weighted by molar-refractivity contribution is 0.882. The van der Waals surface area contributed by atoms with Gasteiger partial charge in [0.05, 0.1) is 16.4 Å². The van der Waals surface area contributed by atoms with Crippen molar-refractivity contribution in [3.8, 4) is 16.9 Å². The second kappa shape index (κ2) is 6.00. The molecule has 0 amide bonds. The molecular formula is C17H12Cl2IN3. The summed E-state index contributed by atoms with van der Waals surface area (Å²) in [7, 11) is 0. The fraction of sp³-hybridized carbons (Fsp3) is 0.118. The van der Waals surface area contributed by atoms with Crippen molar-refractivity contribution < 1.29 is 0 Å². The van der Waals surface area contributed by atoms with Gasteiger partial charge < -0.3 is 5.32 Å². The molecule has 116 valence electrons. The number of rotatable bonds is 2. The summed E-state index contributed by atoms with van der Waals surface area (Å²) in [5.41, 5.74) is 4.14. The molecule has 3 aromatic rings. The van der Waals surface area contributed by atoms with Crippen LogP contribution in [-0.4, -0.2) is 16.3 Å². The summed E-state index contributed by atoms with van der Waals surface area (Å²) in [5.74, 6) is 1.00. The van der Waals surface area contributed by atoms with Crippen LogP contribution in [0.1, 0.15) is 5.56 Å². The maximum Gasteiger partial charge on any atom is 0.133 e. The van der Waals surface area contributed by atoms with Gasteiger partial charge in [0.25, 0.3) is 0 Å². The number of anilines is 1. The molecule has 0 bridgehead atoms. The minimum absolute atomic E-state index is 0.627. The summed E-state index contributed by atoms with van der Waals surface area (Å²) in [6, 6.07) is 13.8. The molecule has 23 heavy (non-hydrogen) atoms. The number of halogens is 3. The number of hydrogen-bond acceptors (Lipinski definition) is 2. The summed E-state index contributed by atoms with van der Waals surface area (Å²) >= 11 is 14.8. The molecule has 0 atom stereocenters. The van der Waals surface area contributed by atoms with Crippen molar-refractivity contribution in [2.75, 3.05) is 11.9 Å². The lowest BCUT2D eigenvalue weighted by Gasteiger charge is -2.08. The van der Waals surface area contributed by atoms with Gasteiger partial charge in [0.15, 0.2) is 0 Å². The normalized spacial score (nSPS) is 13.0. The van der Waals surface area contributed by atoms with E-state index in [2.05, 4.69) is 52.2 Å². The van der Waals surface area contributed by atoms with Crippen LogP contribution in [0.25, 0.3) is 16.9 Å². The molecule has 2 heterocycles. The molecule has 2 aromatic carbocycles. The highest BCUT2D eigenvalue weighted by molar-refractivity contribution is 14.1. The van der Waals surface area contributed by atoms with E-state index in [0.717, 1.165) is 35.7 Å². The van der Waals surface area contributed by atoms with Crippen LogP contribution < -0.4 is 5.32 Å². The Kier molecular flexibility index (Phi) is 3.99. The zero-order chi connectivity index (χ0) is 16.0. The summed E-state index contributed by atoms with van der Waals surface area (Å²) < 4.78 is 3.06. The van der Waals surface area contributed by atoms with Crippen LogP contribution in [0.15, 0.2) is 42.5 Å². The van der Waals surface area contributed by atoms with Gasteiger partial charge in [-0.3, -0.25) is 0 Å². The molecule has 0 fully saturated rings. The zero-order valence-corrected chi connectivity index (χ0v) is 15.7. The molecule has 1 aromatic heterocycles. The molecule has 0 aliphatic carbocycles. The first-order chi connectivity index (χ1) is 11.1. The summed E-state index contributed by atoms with van der Waals surface area (Å²) in [4.78, 5) is 0. The van der Waals surface area contributed by atoms with Gasteiger partial charge in [0.1, 0.15) is 5.82 Å². The van der Waals surface area contributed by atoms with Crippen molar-refractivity contribution in [3.63, 3.8) is 0 Å². The van der Waals surface area contributed by atoms with Crippen LogP contribution in [0.4, 0.5) is 5.82 Å². The number of fused-ring (bicyclic) bond motifs is 1. The van der Waals surface area contributed by atoms with Crippen LogP contribution in [0, 0.1) is 3.57 Å². The first-order valence-electron chi connectivity index (χ1n) is 7.20. The van der Waals surface area contributed by atoms with Crippen LogP contribution in [0.5, 0.6) is 0 Å². The summed E-state index contributed by atoms with van der Waals surface area (Å²) in [5, 5.41) is 9.51. The number of hydrogen-bond donors (Lipinski definition) is 1. The van der Waals surface area contributed by atoms with Crippen molar-refractivity contribution in [3.05, 3.63) is 61.6 Å². The molecule has 0 saturated carbocycles. The highest BCUT2D eigenvalue weighted by Gasteiger charge is 2.24. The predicted molar refractivity (Wildman–Crippen MR) is 104 cm³/mol. The number of nitrogens with one attached hydrogen (secondary N) is 1. The van der Waals surface area contributed by atoms with E-state index in [1.807, 2.05) is 10.7 Å². The van der Waals surface area contributed by atoms with E-state index in [1.165, 1.54) is 9.13 Å². The maximum absolute atomic E-state index is 6.36. The van der Waals surface area contributed by atoms with E-state index >= 15 is 0 Å². The second-order valence-corrected chi connectivity index (χ2v) is 7.46. The van der Waals surface area contributed by atoms with Gasteiger partial charge in [0.2, 0.25) is 0 Å². The van der Waals surface area contributed by atoms with Gasteiger partial charge in [-0.2, -0.15) is 5.10 Å². The Bertz CT molecular complexity index is 905. The predicted octanol–water partition coefficient (Wildman–Crippen LogP) is 5.42. The van der Waals surface area contributed by atoms with Gasteiger partial charge in [0, 0.05) is 26.3 Å². The Morgan fingerprint density at radius 2 is 2.00 bits per heavy atom. The molecule has 1 N–H and O–H groups in total. The van der Waals surface area contributed by atoms with Gasteiger partial charge in [-0.15, -0.1) is 0 Å². The van der Waals surface area contributed by atoms with Crippen molar-refractivity contribution in [1.82, 2.24) is 9.78 Å². The van der Waals surface area contributed by atoms with E-state index < -0.39 is 0 Å². The van der Waals surface area contributed by atoms with Crippen molar-refractivity contribution in [2.45, 2.75) is 6.42 Å². The van der Waals surface area contributed by atoms with Gasteiger partial charge in [-0.25, -0.2) is 4.68 Å². The molecule has 0 radical (unpaired) electrons. The number of aromatic nitrogens is 2. The smallest absolute Gasteiger partial charge is 0.133 e. The van der Waals surface area contributed by atoms with Crippen LogP contribution in [0.3, 0.4) is 0 Å². The third kappa shape index (κ3) is 2.73. The minimum Gasteiger partial charge on any atom is -0.369 e. The number of benzene rings is 2. The standard InChI is InChI=1S/C17H12Cl2IN3/c18-11-4-5-14(19)15(9-11)23-17-13(6-7-21-17)16(22-23)10-2-1-3-12(20)8-10/h1-5,8-9,21H,6-7H2. The van der Waals surface area contributed by atoms with Crippen LogP contribution in [0.2, 0.25) is 10.0 Å². The quantitative estimate of drug-likeness (QED) is 0.523. The first kappa shape index (κ1) is 15.3. The highest BCUT2D eigenvalue weighted by Crippen LogP contribution is 2.37. The zero-order valence-electron chi connectivity index (χ0n) is 12.0. The molecule has 6 heteroatoms. The van der Waals surface area contributed by atoms with Gasteiger partial charge >= 0.3 is 0 Å². The Morgan fingerprint density at radius 1 is 1.13 bits per heavy atom. The molecule has 3 nitrogen and oxygen atoms in total. The third-order valence-corrected chi connectivity index (χ3v) is 5.11. The van der Waals surface area contributed by atoms with Crippen LogP contribution in [-0.2, 0) is 6.42 Å². The fourth-order valence-corrected chi connectivity index (χ4v) is 3.77. The fourth-order valence-electron chi connectivity index (χ4n) is 2.86. The van der Waals surface area contributed by atoms with E-state index in [-0.39, 0.29) is 0 Å². The molecular weight excluding hydrogens is 444 g/mol. The van der Waals surface area contributed by atoms with Gasteiger partial charge in [-0.1, -0.05) is 35.3 Å². The van der Waals surface area contributed by atoms with E-state index in [4.69, 9.17) is 28.3 Å². The number of nitrogens with zero attached hydrogens (tertiary/aromatic N) is 2. The van der Waals surface area contributed by atoms with E-state index in [9.17, 15) is 0 Å². The lowest BCUT2D eigenvalue weighted by Crippen LogP contribution is -2.04. The minimum atomic E-state index is 0.627. The molecule has 0 saturated heterocycles. The third-order valence-electron chi connectivity index (χ3n) is 3.89. The van der Waals surface area contributed by atoms with Crippen molar-refractivity contribution >= 4 is 51.6 Å². The monoisotopic (exact) mass is 455 g/mol. The average Bonchev–Trinajstić information content (AvgIpc) is 3.12. The molecule has 1 aliphatic rings. The summed E-state index contributed by atoms with van der Waals surface area (Å²) in [6.07, 6.45) is 0.953. The van der Waals surface area contributed by atoms with Crippen molar-refractivity contribution in [1.29, 1.82) is 0 Å². The molecule has 0 unspecified atom stereocenters. The molecule has 0 spiro atoms.